The van der Waals surface area contributed by atoms with E-state index in [0.29, 0.717) is 32.7 Å². The second-order valence-corrected chi connectivity index (χ2v) is 10.4. The summed E-state index contributed by atoms with van der Waals surface area (Å²) in [7, 11) is 0. The number of rotatable bonds is 9. The number of carbonyl (C=O) groups is 3. The third-order valence-electron chi connectivity index (χ3n) is 7.69. The first-order valence-corrected chi connectivity index (χ1v) is 14.1. The molecule has 4 N–H and O–H groups in total. The average molecular weight is 575 g/mol. The van der Waals surface area contributed by atoms with Gasteiger partial charge >= 0.3 is 17.9 Å². The van der Waals surface area contributed by atoms with E-state index < -0.39 is 29.5 Å². The fourth-order valence-electron chi connectivity index (χ4n) is 6.08. The van der Waals surface area contributed by atoms with Crippen LogP contribution < -0.4 is 5.32 Å². The Morgan fingerprint density at radius 3 is 1.67 bits per heavy atom. The highest BCUT2D eigenvalue weighted by molar-refractivity contribution is 5.70. The molecule has 0 aliphatic carbocycles. The van der Waals surface area contributed by atoms with Gasteiger partial charge in [0.05, 0.1) is 31.2 Å². The molecular weight excluding hydrogens is 536 g/mol. The molecule has 1 atom stereocenters. The fraction of sp³-hybridized carbons (Fsp3) is 0.344. The van der Waals surface area contributed by atoms with Crippen LogP contribution in [0.15, 0.2) is 91.0 Å². The van der Waals surface area contributed by atoms with Crippen molar-refractivity contribution in [3.8, 4) is 0 Å². The van der Waals surface area contributed by atoms with Crippen LogP contribution in [0.4, 0.5) is 0 Å². The van der Waals surface area contributed by atoms with E-state index in [9.17, 15) is 29.7 Å². The molecule has 1 saturated heterocycles. The van der Waals surface area contributed by atoms with Crippen molar-refractivity contribution < 1.29 is 29.7 Å². The molecule has 1 fully saturated rings. The number of nitrogens with one attached hydrogen (secondary N) is 1. The number of carboxylic acid groups (broad SMARTS) is 3. The van der Waals surface area contributed by atoms with E-state index in [1.54, 1.807) is 4.90 Å². The van der Waals surface area contributed by atoms with Crippen LogP contribution in [0, 0.1) is 0 Å². The van der Waals surface area contributed by atoms with Crippen LogP contribution in [-0.4, -0.2) is 107 Å². The van der Waals surface area contributed by atoms with Crippen LogP contribution in [0.5, 0.6) is 0 Å². The van der Waals surface area contributed by atoms with Crippen LogP contribution in [-0.2, 0) is 19.9 Å². The lowest BCUT2D eigenvalue weighted by atomic mass is 9.71. The van der Waals surface area contributed by atoms with Gasteiger partial charge in [-0.1, -0.05) is 91.0 Å². The molecule has 0 amide bonds. The SMILES string of the molecule is O=C(O)CN1CCNCCN(CC(=O)O)C(c2ccccc2)(c2ccccc2)C(c2ccccc2)N(CC(=O)O)CC1. The molecule has 10 heteroatoms. The summed E-state index contributed by atoms with van der Waals surface area (Å²) in [5, 5.41) is 33.4. The maximum Gasteiger partial charge on any atom is 0.317 e. The largest absolute Gasteiger partial charge is 0.480 e. The van der Waals surface area contributed by atoms with E-state index >= 15 is 0 Å². The Morgan fingerprint density at radius 1 is 0.643 bits per heavy atom. The molecule has 0 bridgehead atoms. The molecule has 3 aromatic rings. The first-order chi connectivity index (χ1) is 20.3. The quantitative estimate of drug-likeness (QED) is 0.302. The van der Waals surface area contributed by atoms with Gasteiger partial charge in [-0.2, -0.15) is 0 Å². The molecular formula is C32H38N4O6. The summed E-state index contributed by atoms with van der Waals surface area (Å²) in [5.74, 6) is -2.99. The van der Waals surface area contributed by atoms with Crippen LogP contribution in [0.3, 0.4) is 0 Å². The lowest BCUT2D eigenvalue weighted by Gasteiger charge is -2.53. The Balaban J connectivity index is 2.06. The molecule has 0 radical (unpaired) electrons. The second-order valence-electron chi connectivity index (χ2n) is 10.4. The molecule has 3 aromatic carbocycles. The normalized spacial score (nSPS) is 19.3. The Kier molecular flexibility index (Phi) is 10.8. The Bertz CT molecular complexity index is 1270. The standard InChI is InChI=1S/C32H38N4O6/c37-28(38)22-34-18-16-33-17-19-36(24-30(41)42)32(26-12-6-2-7-13-26,27-14-8-3-9-15-27)31(25-10-4-1-5-11-25)35(21-20-34)23-29(39)40/h1-15,31,33H,16-24H2,(H,37,38)(H,39,40)(H,41,42). The molecule has 4 rings (SSSR count). The van der Waals surface area contributed by atoms with Gasteiger partial charge in [0.15, 0.2) is 0 Å². The van der Waals surface area contributed by atoms with Gasteiger partial charge in [0.25, 0.3) is 0 Å². The molecule has 1 aliphatic heterocycles. The number of hydrogen-bond acceptors (Lipinski definition) is 7. The first-order valence-electron chi connectivity index (χ1n) is 14.1. The van der Waals surface area contributed by atoms with Gasteiger partial charge in [-0.15, -0.1) is 0 Å². The monoisotopic (exact) mass is 574 g/mol. The van der Waals surface area contributed by atoms with Crippen molar-refractivity contribution in [1.29, 1.82) is 0 Å². The molecule has 0 aromatic heterocycles. The van der Waals surface area contributed by atoms with Crippen LogP contribution >= 0.6 is 0 Å². The van der Waals surface area contributed by atoms with E-state index in [0.717, 1.165) is 16.7 Å². The zero-order chi connectivity index (χ0) is 30.0. The van der Waals surface area contributed by atoms with Crippen molar-refractivity contribution in [3.63, 3.8) is 0 Å². The van der Waals surface area contributed by atoms with Gasteiger partial charge in [-0.3, -0.25) is 29.1 Å². The van der Waals surface area contributed by atoms with E-state index in [-0.39, 0.29) is 26.2 Å². The molecule has 1 aliphatic rings. The molecule has 0 spiro atoms. The average Bonchev–Trinajstić information content (AvgIpc) is 2.97. The smallest absolute Gasteiger partial charge is 0.317 e. The van der Waals surface area contributed by atoms with Crippen molar-refractivity contribution in [2.24, 2.45) is 0 Å². The van der Waals surface area contributed by atoms with Crippen molar-refractivity contribution >= 4 is 17.9 Å². The summed E-state index contributed by atoms with van der Waals surface area (Å²) in [6.45, 7) is 1.47. The molecule has 0 saturated carbocycles. The molecule has 1 unspecified atom stereocenters. The number of aliphatic carboxylic acids is 3. The number of carboxylic acids is 3. The van der Waals surface area contributed by atoms with E-state index in [1.165, 1.54) is 0 Å². The van der Waals surface area contributed by atoms with Gasteiger partial charge in [0, 0.05) is 39.3 Å². The third-order valence-corrected chi connectivity index (χ3v) is 7.69. The lowest BCUT2D eigenvalue weighted by Crippen LogP contribution is -2.60. The summed E-state index contributed by atoms with van der Waals surface area (Å²) < 4.78 is 0. The molecule has 1 heterocycles. The van der Waals surface area contributed by atoms with Crippen LogP contribution in [0.1, 0.15) is 22.7 Å². The first kappa shape index (κ1) is 30.9. The maximum atomic E-state index is 12.5. The third kappa shape index (κ3) is 7.40. The van der Waals surface area contributed by atoms with E-state index in [1.807, 2.05) is 101 Å². The summed E-state index contributed by atoms with van der Waals surface area (Å²) in [4.78, 5) is 42.2. The molecule has 10 nitrogen and oxygen atoms in total. The van der Waals surface area contributed by atoms with Crippen molar-refractivity contribution in [3.05, 3.63) is 108 Å². The number of nitrogens with zero attached hydrogens (tertiary/aromatic N) is 3. The van der Waals surface area contributed by atoms with Gasteiger partial charge in [0.1, 0.15) is 0 Å². The molecule has 42 heavy (non-hydrogen) atoms. The summed E-state index contributed by atoms with van der Waals surface area (Å²) in [6, 6.07) is 28.2. The minimum absolute atomic E-state index is 0.174. The van der Waals surface area contributed by atoms with Crippen molar-refractivity contribution in [2.45, 2.75) is 11.6 Å². The van der Waals surface area contributed by atoms with Gasteiger partial charge in [-0.25, -0.2) is 0 Å². The minimum atomic E-state index is -1.14. The maximum absolute atomic E-state index is 12.5. The topological polar surface area (TPSA) is 134 Å². The zero-order valence-corrected chi connectivity index (χ0v) is 23.5. The summed E-state index contributed by atoms with van der Waals surface area (Å²) in [6.07, 6.45) is 0. The van der Waals surface area contributed by atoms with Crippen LogP contribution in [0.25, 0.3) is 0 Å². The summed E-state index contributed by atoms with van der Waals surface area (Å²) in [5.41, 5.74) is 1.31. The highest BCUT2D eigenvalue weighted by Crippen LogP contribution is 2.49. The van der Waals surface area contributed by atoms with E-state index in [2.05, 4.69) is 5.32 Å². The van der Waals surface area contributed by atoms with Crippen molar-refractivity contribution in [1.82, 2.24) is 20.0 Å². The highest BCUT2D eigenvalue weighted by Gasteiger charge is 2.50. The predicted octanol–water partition coefficient (Wildman–Crippen LogP) is 2.43. The van der Waals surface area contributed by atoms with Crippen molar-refractivity contribution in [2.75, 3.05) is 58.9 Å². The number of benzene rings is 3. The zero-order valence-electron chi connectivity index (χ0n) is 23.5. The predicted molar refractivity (Wildman–Crippen MR) is 158 cm³/mol. The Labute approximate surface area is 245 Å². The minimum Gasteiger partial charge on any atom is -0.480 e. The van der Waals surface area contributed by atoms with Crippen LogP contribution in [0.2, 0.25) is 0 Å². The van der Waals surface area contributed by atoms with Gasteiger partial charge in [0.2, 0.25) is 0 Å². The summed E-state index contributed by atoms with van der Waals surface area (Å²) >= 11 is 0. The molecule has 222 valence electrons. The fourth-order valence-corrected chi connectivity index (χ4v) is 6.08. The Hall–Kier alpha value is -4.09. The number of hydrogen-bond donors (Lipinski definition) is 4. The highest BCUT2D eigenvalue weighted by atomic mass is 16.4. The van der Waals surface area contributed by atoms with Gasteiger partial charge < -0.3 is 20.6 Å². The second kappa shape index (κ2) is 14.7. The van der Waals surface area contributed by atoms with Gasteiger partial charge in [-0.05, 0) is 16.7 Å². The Morgan fingerprint density at radius 2 is 1.14 bits per heavy atom. The lowest BCUT2D eigenvalue weighted by molar-refractivity contribution is -0.144. The van der Waals surface area contributed by atoms with E-state index in [4.69, 9.17) is 0 Å².